The molecule has 1 fully saturated rings. The number of hydrogen-bond acceptors (Lipinski definition) is 2. The molecule has 3 N–H and O–H groups in total. The van der Waals surface area contributed by atoms with Crippen LogP contribution in [0.2, 0.25) is 0 Å². The molecule has 3 heteroatoms. The standard InChI is InChI=1S/C12H15N3/c1-8(13)12(6-7-12)11-9-4-2-3-5-10(9)14-15-11/h2-5,8H,6-7,13H2,1H3,(H,14,15). The number of H-pyrrole nitrogens is 1. The number of hydrogen-bond donors (Lipinski definition) is 2. The normalized spacial score (nSPS) is 20.4. The lowest BCUT2D eigenvalue weighted by Crippen LogP contribution is -2.32. The second-order valence-corrected chi connectivity index (χ2v) is 4.56. The predicted octanol–water partition coefficient (Wildman–Crippen LogP) is 1.94. The van der Waals surface area contributed by atoms with Gasteiger partial charge in [-0.2, -0.15) is 5.10 Å². The molecule has 0 saturated heterocycles. The smallest absolute Gasteiger partial charge is 0.0923 e. The third kappa shape index (κ3) is 1.13. The van der Waals surface area contributed by atoms with E-state index >= 15 is 0 Å². The Hall–Kier alpha value is -1.35. The van der Waals surface area contributed by atoms with Crippen LogP contribution >= 0.6 is 0 Å². The molecular formula is C12H15N3. The number of rotatable bonds is 2. The van der Waals surface area contributed by atoms with Gasteiger partial charge in [0.25, 0.3) is 0 Å². The lowest BCUT2D eigenvalue weighted by Gasteiger charge is -2.18. The molecule has 0 bridgehead atoms. The quantitative estimate of drug-likeness (QED) is 0.780. The molecule has 0 radical (unpaired) electrons. The maximum absolute atomic E-state index is 6.07. The van der Waals surface area contributed by atoms with E-state index in [1.807, 2.05) is 12.1 Å². The fourth-order valence-corrected chi connectivity index (χ4v) is 2.41. The number of nitrogens with two attached hydrogens (primary N) is 1. The summed E-state index contributed by atoms with van der Waals surface area (Å²) in [5.74, 6) is 0. The molecular weight excluding hydrogens is 186 g/mol. The second-order valence-electron chi connectivity index (χ2n) is 4.56. The highest BCUT2D eigenvalue weighted by molar-refractivity contribution is 5.82. The molecule has 0 aliphatic heterocycles. The summed E-state index contributed by atoms with van der Waals surface area (Å²) >= 11 is 0. The highest BCUT2D eigenvalue weighted by Gasteiger charge is 2.49. The SMILES string of the molecule is CC(N)C1(c2[nH]nc3ccccc23)CC1. The van der Waals surface area contributed by atoms with E-state index in [1.165, 1.54) is 23.9 Å². The van der Waals surface area contributed by atoms with Crippen LogP contribution in [0.3, 0.4) is 0 Å². The van der Waals surface area contributed by atoms with E-state index in [2.05, 4.69) is 29.3 Å². The Morgan fingerprint density at radius 1 is 1.40 bits per heavy atom. The van der Waals surface area contributed by atoms with E-state index in [1.54, 1.807) is 0 Å². The van der Waals surface area contributed by atoms with Gasteiger partial charge in [-0.3, -0.25) is 5.10 Å². The van der Waals surface area contributed by atoms with Crippen molar-refractivity contribution in [1.29, 1.82) is 0 Å². The van der Waals surface area contributed by atoms with Crippen LogP contribution in [0.25, 0.3) is 10.9 Å². The zero-order valence-corrected chi connectivity index (χ0v) is 8.83. The molecule has 1 heterocycles. The van der Waals surface area contributed by atoms with Crippen LogP contribution < -0.4 is 5.73 Å². The average Bonchev–Trinajstić information content (AvgIpc) is 2.93. The Bertz CT molecular complexity index is 494. The van der Waals surface area contributed by atoms with Gasteiger partial charge in [0.15, 0.2) is 0 Å². The monoisotopic (exact) mass is 201 g/mol. The Kier molecular flexibility index (Phi) is 1.68. The van der Waals surface area contributed by atoms with Crippen molar-refractivity contribution in [3.8, 4) is 0 Å². The first-order valence-corrected chi connectivity index (χ1v) is 5.43. The van der Waals surface area contributed by atoms with Crippen molar-refractivity contribution >= 4 is 10.9 Å². The number of fused-ring (bicyclic) bond motifs is 1. The van der Waals surface area contributed by atoms with Crippen LogP contribution in [0, 0.1) is 0 Å². The first kappa shape index (κ1) is 8.92. The minimum atomic E-state index is 0.163. The summed E-state index contributed by atoms with van der Waals surface area (Å²) in [5.41, 5.74) is 8.50. The predicted molar refractivity (Wildman–Crippen MR) is 60.7 cm³/mol. The molecule has 1 aliphatic carbocycles. The maximum Gasteiger partial charge on any atom is 0.0923 e. The summed E-state index contributed by atoms with van der Waals surface area (Å²) in [7, 11) is 0. The third-order valence-electron chi connectivity index (χ3n) is 3.62. The number of nitrogens with zero attached hydrogens (tertiary/aromatic N) is 1. The Morgan fingerprint density at radius 3 is 2.80 bits per heavy atom. The molecule has 1 unspecified atom stereocenters. The topological polar surface area (TPSA) is 54.7 Å². The van der Waals surface area contributed by atoms with Gasteiger partial charge in [-0.15, -0.1) is 0 Å². The number of aromatic nitrogens is 2. The summed E-state index contributed by atoms with van der Waals surface area (Å²) in [6, 6.07) is 8.42. The molecule has 1 aliphatic rings. The Morgan fingerprint density at radius 2 is 2.13 bits per heavy atom. The van der Waals surface area contributed by atoms with Crippen LogP contribution in [-0.4, -0.2) is 16.2 Å². The highest BCUT2D eigenvalue weighted by Crippen LogP contribution is 2.51. The molecule has 15 heavy (non-hydrogen) atoms. The van der Waals surface area contributed by atoms with Gasteiger partial charge >= 0.3 is 0 Å². The minimum absolute atomic E-state index is 0.163. The number of benzene rings is 1. The number of nitrogens with one attached hydrogen (secondary N) is 1. The fraction of sp³-hybridized carbons (Fsp3) is 0.417. The van der Waals surface area contributed by atoms with E-state index in [9.17, 15) is 0 Å². The van der Waals surface area contributed by atoms with Gasteiger partial charge in [-0.25, -0.2) is 0 Å². The molecule has 1 saturated carbocycles. The summed E-state index contributed by atoms with van der Waals surface area (Å²) < 4.78 is 0. The van der Waals surface area contributed by atoms with Crippen molar-refractivity contribution < 1.29 is 0 Å². The number of para-hydroxylation sites is 1. The van der Waals surface area contributed by atoms with Crippen molar-refractivity contribution in [3.05, 3.63) is 30.0 Å². The zero-order chi connectivity index (χ0) is 10.5. The third-order valence-corrected chi connectivity index (χ3v) is 3.62. The molecule has 3 rings (SSSR count). The van der Waals surface area contributed by atoms with E-state index in [-0.39, 0.29) is 11.5 Å². The fourth-order valence-electron chi connectivity index (χ4n) is 2.41. The second kappa shape index (κ2) is 2.83. The molecule has 0 spiro atoms. The van der Waals surface area contributed by atoms with Gasteiger partial charge in [-0.05, 0) is 25.8 Å². The molecule has 1 aromatic heterocycles. The van der Waals surface area contributed by atoms with Crippen molar-refractivity contribution in [1.82, 2.24) is 10.2 Å². The maximum atomic E-state index is 6.07. The average molecular weight is 201 g/mol. The first-order valence-electron chi connectivity index (χ1n) is 5.43. The molecule has 1 atom stereocenters. The van der Waals surface area contributed by atoms with E-state index in [4.69, 9.17) is 5.73 Å². The van der Waals surface area contributed by atoms with Crippen LogP contribution in [0.15, 0.2) is 24.3 Å². The van der Waals surface area contributed by atoms with Gasteiger partial charge in [-0.1, -0.05) is 18.2 Å². The van der Waals surface area contributed by atoms with E-state index in [0.717, 1.165) is 5.52 Å². The molecule has 2 aromatic rings. The molecule has 78 valence electrons. The highest BCUT2D eigenvalue weighted by atomic mass is 15.1. The van der Waals surface area contributed by atoms with Crippen molar-refractivity contribution in [2.75, 3.05) is 0 Å². The lowest BCUT2D eigenvalue weighted by molar-refractivity contribution is 0.544. The van der Waals surface area contributed by atoms with Gasteiger partial charge in [0.1, 0.15) is 0 Å². The summed E-state index contributed by atoms with van der Waals surface area (Å²) in [4.78, 5) is 0. The largest absolute Gasteiger partial charge is 0.327 e. The Labute approximate surface area is 88.7 Å². The van der Waals surface area contributed by atoms with Crippen molar-refractivity contribution in [2.24, 2.45) is 5.73 Å². The van der Waals surface area contributed by atoms with Gasteiger partial charge < -0.3 is 5.73 Å². The van der Waals surface area contributed by atoms with Crippen LogP contribution in [0.4, 0.5) is 0 Å². The lowest BCUT2D eigenvalue weighted by atomic mass is 9.92. The minimum Gasteiger partial charge on any atom is -0.327 e. The van der Waals surface area contributed by atoms with Crippen LogP contribution in [-0.2, 0) is 5.41 Å². The zero-order valence-electron chi connectivity index (χ0n) is 8.83. The van der Waals surface area contributed by atoms with Gasteiger partial charge in [0.2, 0.25) is 0 Å². The van der Waals surface area contributed by atoms with E-state index in [0.29, 0.717) is 0 Å². The summed E-state index contributed by atoms with van der Waals surface area (Å²) in [6.45, 7) is 2.09. The summed E-state index contributed by atoms with van der Waals surface area (Å²) in [5, 5.41) is 8.72. The van der Waals surface area contributed by atoms with Crippen molar-refractivity contribution in [2.45, 2.75) is 31.2 Å². The molecule has 3 nitrogen and oxygen atoms in total. The van der Waals surface area contributed by atoms with Crippen molar-refractivity contribution in [3.63, 3.8) is 0 Å². The Balaban J connectivity index is 2.20. The number of aromatic amines is 1. The molecule has 0 amide bonds. The van der Waals surface area contributed by atoms with Gasteiger partial charge in [0, 0.05) is 16.8 Å². The summed E-state index contributed by atoms with van der Waals surface area (Å²) in [6.07, 6.45) is 2.35. The van der Waals surface area contributed by atoms with Gasteiger partial charge in [0.05, 0.1) is 11.2 Å². The van der Waals surface area contributed by atoms with Crippen LogP contribution in [0.1, 0.15) is 25.5 Å². The van der Waals surface area contributed by atoms with E-state index < -0.39 is 0 Å². The van der Waals surface area contributed by atoms with Crippen LogP contribution in [0.5, 0.6) is 0 Å². The first-order chi connectivity index (χ1) is 7.24. The molecule has 1 aromatic carbocycles.